The maximum Gasteiger partial charge on any atom is 0.421 e. The highest BCUT2D eigenvalue weighted by atomic mass is 16.5. The van der Waals surface area contributed by atoms with Crippen LogP contribution in [0.3, 0.4) is 0 Å². The first-order chi connectivity index (χ1) is 12.5. The quantitative estimate of drug-likeness (QED) is 0.223. The molecule has 26 heavy (non-hydrogen) atoms. The molecule has 0 unspecified atom stereocenters. The van der Waals surface area contributed by atoms with Crippen molar-refractivity contribution in [2.75, 3.05) is 13.2 Å². The number of carbonyl (C=O) groups excluding carboxylic acids is 3. The fraction of sp³-hybridized carbons (Fsp3) is 0.294. The van der Waals surface area contributed by atoms with Gasteiger partial charge in [-0.25, -0.2) is 4.79 Å². The molecule has 0 aliphatic carbocycles. The Labute approximate surface area is 149 Å². The van der Waals surface area contributed by atoms with Gasteiger partial charge >= 0.3 is 11.7 Å². The van der Waals surface area contributed by atoms with E-state index in [4.69, 9.17) is 15.0 Å². The molecule has 2 N–H and O–H groups in total. The number of β-lactam (4-membered cyclic amide) rings is 1. The number of nitrogens with one attached hydrogen (secondary N) is 2. The molecular formula is C17H18N4O5. The fourth-order valence-corrected chi connectivity index (χ4v) is 2.16. The zero-order valence-electron chi connectivity index (χ0n) is 14.1. The maximum atomic E-state index is 12.1. The number of hydrogen-bond donors (Lipinski definition) is 2. The molecule has 1 aliphatic rings. The van der Waals surface area contributed by atoms with Gasteiger partial charge in [0, 0.05) is 5.56 Å². The molecule has 0 bridgehead atoms. The van der Waals surface area contributed by atoms with E-state index < -0.39 is 30.1 Å². The van der Waals surface area contributed by atoms with Crippen LogP contribution in [-0.4, -0.2) is 53.8 Å². The average Bonchev–Trinajstić information content (AvgIpc) is 2.64. The van der Waals surface area contributed by atoms with Crippen LogP contribution in [0.25, 0.3) is 5.53 Å². The molecule has 9 heteroatoms. The molecule has 1 aliphatic heterocycles. The lowest BCUT2D eigenvalue weighted by Gasteiger charge is -2.36. The third-order valence-electron chi connectivity index (χ3n) is 3.53. The number of esters is 1. The second kappa shape index (κ2) is 8.70. The predicted molar refractivity (Wildman–Crippen MR) is 90.0 cm³/mol. The third-order valence-corrected chi connectivity index (χ3v) is 3.53. The standard InChI is InChI=1S/C17H18N4O5/c1-3-25-17(24)12(21-18)10(2)9-26-16-13(15(23)20-16)19-14(22)11-7-5-4-6-8-11/h4-8,13,16H,2-3,9H2,1H3,(H,19,22)(H,20,23)/t13-,16+/m0/s1. The van der Waals surface area contributed by atoms with Crippen molar-refractivity contribution in [1.82, 2.24) is 10.6 Å². The molecular weight excluding hydrogens is 340 g/mol. The van der Waals surface area contributed by atoms with E-state index in [-0.39, 0.29) is 24.5 Å². The van der Waals surface area contributed by atoms with E-state index in [0.29, 0.717) is 5.56 Å². The number of hydrogen-bond acceptors (Lipinski definition) is 5. The molecule has 0 saturated carbocycles. The van der Waals surface area contributed by atoms with Gasteiger partial charge in [-0.1, -0.05) is 24.8 Å². The summed E-state index contributed by atoms with van der Waals surface area (Å²) < 4.78 is 10.2. The van der Waals surface area contributed by atoms with Gasteiger partial charge in [0.2, 0.25) is 5.91 Å². The number of amides is 2. The second-order valence-corrected chi connectivity index (χ2v) is 5.33. The van der Waals surface area contributed by atoms with E-state index in [2.05, 4.69) is 22.0 Å². The number of benzene rings is 1. The molecule has 0 spiro atoms. The highest BCUT2D eigenvalue weighted by Gasteiger charge is 2.42. The number of nitrogens with zero attached hydrogens (tertiary/aromatic N) is 2. The normalized spacial score (nSPS) is 18.0. The summed E-state index contributed by atoms with van der Waals surface area (Å²) in [5.41, 5.74) is 9.02. The van der Waals surface area contributed by atoms with Gasteiger partial charge in [-0.15, -0.1) is 0 Å². The molecule has 2 amide bonds. The number of carbonyl (C=O) groups is 3. The first-order valence-electron chi connectivity index (χ1n) is 7.83. The molecule has 0 radical (unpaired) electrons. The smallest absolute Gasteiger partial charge is 0.421 e. The highest BCUT2D eigenvalue weighted by molar-refractivity contribution is 6.40. The Hall–Kier alpha value is -3.29. The summed E-state index contributed by atoms with van der Waals surface area (Å²) in [6, 6.07) is 7.54. The molecule has 1 fully saturated rings. The monoisotopic (exact) mass is 358 g/mol. The van der Waals surface area contributed by atoms with Crippen molar-refractivity contribution < 1.29 is 28.6 Å². The van der Waals surface area contributed by atoms with Crippen LogP contribution in [0.4, 0.5) is 0 Å². The highest BCUT2D eigenvalue weighted by Crippen LogP contribution is 2.11. The van der Waals surface area contributed by atoms with Gasteiger partial charge < -0.3 is 25.6 Å². The molecule has 0 aromatic heterocycles. The SMILES string of the molecule is C=C(CO[C@H]1NC(=O)[C@@H]1NC(=O)c1ccccc1)C(=[N+]=[N-])C(=O)OCC. The lowest BCUT2D eigenvalue weighted by molar-refractivity contribution is -0.146. The zero-order valence-corrected chi connectivity index (χ0v) is 14.1. The number of rotatable bonds is 8. The summed E-state index contributed by atoms with van der Waals surface area (Å²) in [6.45, 7) is 5.10. The van der Waals surface area contributed by atoms with Gasteiger partial charge in [0.15, 0.2) is 12.3 Å². The lowest BCUT2D eigenvalue weighted by atomic mass is 10.1. The molecule has 136 valence electrons. The van der Waals surface area contributed by atoms with Crippen molar-refractivity contribution in [3.63, 3.8) is 0 Å². The van der Waals surface area contributed by atoms with Gasteiger partial charge in [0.1, 0.15) is 0 Å². The minimum atomic E-state index is -0.882. The van der Waals surface area contributed by atoms with Crippen molar-refractivity contribution in [3.05, 3.63) is 53.6 Å². The van der Waals surface area contributed by atoms with Crippen LogP contribution in [0, 0.1) is 0 Å². The third kappa shape index (κ3) is 4.41. The van der Waals surface area contributed by atoms with E-state index >= 15 is 0 Å². The molecule has 1 heterocycles. The topological polar surface area (TPSA) is 130 Å². The van der Waals surface area contributed by atoms with Gasteiger partial charge in [0.25, 0.3) is 5.91 Å². The minimum Gasteiger partial charge on any atom is -0.457 e. The van der Waals surface area contributed by atoms with Crippen molar-refractivity contribution in [2.45, 2.75) is 19.2 Å². The van der Waals surface area contributed by atoms with Crippen LogP contribution < -0.4 is 10.6 Å². The Morgan fingerprint density at radius 3 is 2.62 bits per heavy atom. The maximum absolute atomic E-state index is 12.1. The van der Waals surface area contributed by atoms with Crippen LogP contribution in [0.2, 0.25) is 0 Å². The summed E-state index contributed by atoms with van der Waals surface area (Å²) in [5, 5.41) is 5.05. The lowest BCUT2D eigenvalue weighted by Crippen LogP contribution is -2.70. The molecule has 9 nitrogen and oxygen atoms in total. The van der Waals surface area contributed by atoms with Crippen molar-refractivity contribution in [3.8, 4) is 0 Å². The molecule has 1 saturated heterocycles. The van der Waals surface area contributed by atoms with E-state index in [1.807, 2.05) is 0 Å². The second-order valence-electron chi connectivity index (χ2n) is 5.33. The fourth-order valence-electron chi connectivity index (χ4n) is 2.16. The Kier molecular flexibility index (Phi) is 6.37. The Balaban J connectivity index is 1.90. The first kappa shape index (κ1) is 19.0. The van der Waals surface area contributed by atoms with E-state index in [1.165, 1.54) is 0 Å². The summed E-state index contributed by atoms with van der Waals surface area (Å²) in [5.74, 6) is -1.65. The molecule has 1 aromatic carbocycles. The van der Waals surface area contributed by atoms with Crippen LogP contribution >= 0.6 is 0 Å². The summed E-state index contributed by atoms with van der Waals surface area (Å²) in [6.07, 6.45) is -0.797. The average molecular weight is 358 g/mol. The molecule has 1 aromatic rings. The Morgan fingerprint density at radius 2 is 2.04 bits per heavy atom. The minimum absolute atomic E-state index is 0.0697. The Morgan fingerprint density at radius 1 is 1.35 bits per heavy atom. The zero-order chi connectivity index (χ0) is 19.1. The summed E-state index contributed by atoms with van der Waals surface area (Å²) >= 11 is 0. The van der Waals surface area contributed by atoms with Gasteiger partial charge in [0.05, 0.1) is 18.8 Å². The largest absolute Gasteiger partial charge is 0.457 e. The summed E-state index contributed by atoms with van der Waals surface area (Å²) in [4.78, 5) is 38.2. The van der Waals surface area contributed by atoms with Crippen LogP contribution in [0.15, 0.2) is 42.5 Å². The predicted octanol–water partition coefficient (Wildman–Crippen LogP) is 0.0476. The number of ether oxygens (including phenoxy) is 2. The molecule has 2 rings (SSSR count). The summed E-state index contributed by atoms with van der Waals surface area (Å²) in [7, 11) is 0. The van der Waals surface area contributed by atoms with Gasteiger partial charge in [-0.2, -0.15) is 4.79 Å². The van der Waals surface area contributed by atoms with E-state index in [1.54, 1.807) is 37.3 Å². The molecule has 2 atom stereocenters. The Bertz CT molecular complexity index is 771. The van der Waals surface area contributed by atoms with Crippen molar-refractivity contribution >= 4 is 23.5 Å². The van der Waals surface area contributed by atoms with Gasteiger partial charge in [-0.05, 0) is 19.1 Å². The van der Waals surface area contributed by atoms with Crippen LogP contribution in [0.5, 0.6) is 0 Å². The van der Waals surface area contributed by atoms with Crippen LogP contribution in [0.1, 0.15) is 17.3 Å². The van der Waals surface area contributed by atoms with E-state index in [0.717, 1.165) is 0 Å². The van der Waals surface area contributed by atoms with Crippen LogP contribution in [-0.2, 0) is 19.1 Å². The first-order valence-corrected chi connectivity index (χ1v) is 7.83. The van der Waals surface area contributed by atoms with E-state index in [9.17, 15) is 14.4 Å². The van der Waals surface area contributed by atoms with Gasteiger partial charge in [-0.3, -0.25) is 9.59 Å². The van der Waals surface area contributed by atoms with Crippen molar-refractivity contribution in [2.24, 2.45) is 0 Å². The van der Waals surface area contributed by atoms with Crippen molar-refractivity contribution in [1.29, 1.82) is 0 Å².